The molecule has 0 saturated carbocycles. The molecule has 0 fully saturated rings. The Kier molecular flexibility index (Phi) is 4.97. The first-order chi connectivity index (χ1) is 12.7. The van der Waals surface area contributed by atoms with Crippen LogP contribution in [-0.4, -0.2) is 35.1 Å². The van der Waals surface area contributed by atoms with Gasteiger partial charge in [-0.2, -0.15) is 10.2 Å². The Morgan fingerprint density at radius 3 is 2.52 bits per heavy atom. The summed E-state index contributed by atoms with van der Waals surface area (Å²) >= 11 is 0. The van der Waals surface area contributed by atoms with Gasteiger partial charge in [0.2, 0.25) is 0 Å². The van der Waals surface area contributed by atoms with Crippen molar-refractivity contribution in [2.75, 3.05) is 11.8 Å². The van der Waals surface area contributed by atoms with Crippen molar-refractivity contribution in [3.63, 3.8) is 0 Å². The fourth-order valence-electron chi connectivity index (χ4n) is 2.97. The summed E-state index contributed by atoms with van der Waals surface area (Å²) in [6.07, 6.45) is 1.49. The molecule has 9 heteroatoms. The van der Waals surface area contributed by atoms with E-state index in [2.05, 4.69) is 14.9 Å². The third-order valence-electron chi connectivity index (χ3n) is 4.34. The largest absolute Gasteiger partial charge is 0.497 e. The average Bonchev–Trinajstić information content (AvgIpc) is 3.09. The van der Waals surface area contributed by atoms with Gasteiger partial charge >= 0.3 is 0 Å². The van der Waals surface area contributed by atoms with Gasteiger partial charge in [0.05, 0.1) is 36.4 Å². The molecule has 0 bridgehead atoms. The van der Waals surface area contributed by atoms with Crippen molar-refractivity contribution >= 4 is 15.7 Å². The number of nitrogens with one attached hydrogen (secondary N) is 1. The Balaban J connectivity index is 1.90. The minimum absolute atomic E-state index is 0.157. The second kappa shape index (κ2) is 7.07. The van der Waals surface area contributed by atoms with Crippen molar-refractivity contribution in [3.8, 4) is 5.75 Å². The molecule has 0 spiro atoms. The lowest BCUT2D eigenvalue weighted by Gasteiger charge is -2.09. The Bertz CT molecular complexity index is 1080. The molecule has 3 rings (SSSR count). The molecule has 8 nitrogen and oxygen atoms in total. The van der Waals surface area contributed by atoms with Gasteiger partial charge < -0.3 is 4.74 Å². The van der Waals surface area contributed by atoms with Crippen molar-refractivity contribution in [1.29, 1.82) is 0 Å². The van der Waals surface area contributed by atoms with Crippen LogP contribution in [0.4, 0.5) is 5.69 Å². The molecule has 3 aromatic rings. The highest BCUT2D eigenvalue weighted by Crippen LogP contribution is 2.25. The summed E-state index contributed by atoms with van der Waals surface area (Å²) in [6, 6.07) is 7.69. The number of anilines is 1. The first-order valence-corrected chi connectivity index (χ1v) is 9.89. The number of sulfonamides is 1. The van der Waals surface area contributed by atoms with Crippen LogP contribution in [0.5, 0.6) is 5.75 Å². The van der Waals surface area contributed by atoms with Gasteiger partial charge in [0.25, 0.3) is 10.0 Å². The van der Waals surface area contributed by atoms with Gasteiger partial charge in [0.1, 0.15) is 10.6 Å². The first kappa shape index (κ1) is 19.0. The quantitative estimate of drug-likeness (QED) is 0.699. The summed E-state index contributed by atoms with van der Waals surface area (Å²) in [5.74, 6) is 0.766. The van der Waals surface area contributed by atoms with E-state index >= 15 is 0 Å². The molecule has 27 heavy (non-hydrogen) atoms. The van der Waals surface area contributed by atoms with Crippen LogP contribution in [0.3, 0.4) is 0 Å². The molecule has 0 aliphatic carbocycles. The maximum Gasteiger partial charge on any atom is 0.265 e. The van der Waals surface area contributed by atoms with E-state index in [-0.39, 0.29) is 4.90 Å². The third kappa shape index (κ3) is 3.82. The molecular formula is C18H23N5O3S. The standard InChI is InChI=1S/C18H23N5O3S/c1-12-17(11-22(4)19-12)27(24,25)21-18-13(2)20-23(14(18)3)10-15-7-6-8-16(9-15)26-5/h6-9,11,21H,10H2,1-5H3. The molecule has 0 radical (unpaired) electrons. The van der Waals surface area contributed by atoms with Crippen LogP contribution >= 0.6 is 0 Å². The van der Waals surface area contributed by atoms with Gasteiger partial charge in [-0.25, -0.2) is 8.42 Å². The molecule has 2 aromatic heterocycles. The predicted molar refractivity (Wildman–Crippen MR) is 103 cm³/mol. The second-order valence-corrected chi connectivity index (χ2v) is 8.06. The summed E-state index contributed by atoms with van der Waals surface area (Å²) in [5.41, 5.74) is 3.30. The normalized spacial score (nSPS) is 11.6. The van der Waals surface area contributed by atoms with Gasteiger partial charge in [-0.3, -0.25) is 14.1 Å². The fourth-order valence-corrected chi connectivity index (χ4v) is 4.37. The highest BCUT2D eigenvalue weighted by atomic mass is 32.2. The first-order valence-electron chi connectivity index (χ1n) is 8.41. The monoisotopic (exact) mass is 389 g/mol. The van der Waals surface area contributed by atoms with E-state index in [1.54, 1.807) is 32.7 Å². The van der Waals surface area contributed by atoms with Crippen LogP contribution in [0.1, 0.15) is 22.6 Å². The van der Waals surface area contributed by atoms with E-state index in [0.29, 0.717) is 23.6 Å². The molecule has 0 unspecified atom stereocenters. The van der Waals surface area contributed by atoms with Gasteiger partial charge in [-0.15, -0.1) is 0 Å². The lowest BCUT2D eigenvalue weighted by molar-refractivity contribution is 0.414. The molecule has 0 aliphatic rings. The minimum Gasteiger partial charge on any atom is -0.497 e. The molecular weight excluding hydrogens is 366 g/mol. The summed E-state index contributed by atoms with van der Waals surface area (Å²) in [5, 5.41) is 8.60. The molecule has 144 valence electrons. The molecule has 0 amide bonds. The van der Waals surface area contributed by atoms with Crippen LogP contribution in [0, 0.1) is 20.8 Å². The van der Waals surface area contributed by atoms with Crippen molar-refractivity contribution in [3.05, 3.63) is 53.1 Å². The van der Waals surface area contributed by atoms with E-state index in [4.69, 9.17) is 4.74 Å². The minimum atomic E-state index is -3.75. The van der Waals surface area contributed by atoms with Gasteiger partial charge in [0.15, 0.2) is 0 Å². The van der Waals surface area contributed by atoms with Gasteiger partial charge in [0, 0.05) is 13.2 Å². The highest BCUT2D eigenvalue weighted by molar-refractivity contribution is 7.92. The van der Waals surface area contributed by atoms with Crippen LogP contribution in [0.2, 0.25) is 0 Å². The van der Waals surface area contributed by atoms with E-state index in [1.165, 1.54) is 10.9 Å². The van der Waals surface area contributed by atoms with E-state index in [0.717, 1.165) is 17.0 Å². The van der Waals surface area contributed by atoms with Crippen LogP contribution < -0.4 is 9.46 Å². The topological polar surface area (TPSA) is 91.0 Å². The maximum absolute atomic E-state index is 12.8. The molecule has 0 saturated heterocycles. The zero-order chi connectivity index (χ0) is 19.8. The smallest absolute Gasteiger partial charge is 0.265 e. The van der Waals surface area contributed by atoms with Crippen LogP contribution in [-0.2, 0) is 23.6 Å². The van der Waals surface area contributed by atoms with Crippen molar-refractivity contribution in [1.82, 2.24) is 19.6 Å². The SMILES string of the molecule is COc1cccc(Cn2nc(C)c(NS(=O)(=O)c3cn(C)nc3C)c2C)c1. The Morgan fingerprint density at radius 1 is 1.15 bits per heavy atom. The number of aryl methyl sites for hydroxylation is 3. The van der Waals surface area contributed by atoms with Crippen molar-refractivity contribution < 1.29 is 13.2 Å². The molecule has 1 N–H and O–H groups in total. The number of nitrogens with zero attached hydrogens (tertiary/aromatic N) is 4. The molecule has 0 aliphatic heterocycles. The highest BCUT2D eigenvalue weighted by Gasteiger charge is 2.23. The number of methoxy groups -OCH3 is 1. The fraction of sp³-hybridized carbons (Fsp3) is 0.333. The lowest BCUT2D eigenvalue weighted by Crippen LogP contribution is -2.14. The summed E-state index contributed by atoms with van der Waals surface area (Å²) in [7, 11) is -0.435. The van der Waals surface area contributed by atoms with Gasteiger partial charge in [-0.1, -0.05) is 12.1 Å². The average molecular weight is 389 g/mol. The number of hydrogen-bond donors (Lipinski definition) is 1. The number of rotatable bonds is 6. The van der Waals surface area contributed by atoms with E-state index in [1.807, 2.05) is 31.2 Å². The van der Waals surface area contributed by atoms with E-state index < -0.39 is 10.0 Å². The number of benzene rings is 1. The second-order valence-electron chi connectivity index (χ2n) is 6.41. The van der Waals surface area contributed by atoms with Crippen LogP contribution in [0.15, 0.2) is 35.4 Å². The van der Waals surface area contributed by atoms with Gasteiger partial charge in [-0.05, 0) is 38.5 Å². The number of aromatic nitrogens is 4. The maximum atomic E-state index is 12.8. The lowest BCUT2D eigenvalue weighted by atomic mass is 10.2. The molecule has 1 aromatic carbocycles. The summed E-state index contributed by atoms with van der Waals surface area (Å²) in [6.45, 7) is 5.80. The number of hydrogen-bond acceptors (Lipinski definition) is 5. The Hall–Kier alpha value is -2.81. The summed E-state index contributed by atoms with van der Waals surface area (Å²) < 4.78 is 36.7. The molecule has 2 heterocycles. The zero-order valence-electron chi connectivity index (χ0n) is 16.0. The third-order valence-corrected chi connectivity index (χ3v) is 5.80. The molecule has 0 atom stereocenters. The Labute approximate surface area is 158 Å². The van der Waals surface area contributed by atoms with E-state index in [9.17, 15) is 8.42 Å². The zero-order valence-corrected chi connectivity index (χ0v) is 16.8. The van der Waals surface area contributed by atoms with Crippen molar-refractivity contribution in [2.45, 2.75) is 32.2 Å². The predicted octanol–water partition coefficient (Wildman–Crippen LogP) is 2.40. The van der Waals surface area contributed by atoms with Crippen molar-refractivity contribution in [2.24, 2.45) is 7.05 Å². The number of ether oxygens (including phenoxy) is 1. The Morgan fingerprint density at radius 2 is 1.89 bits per heavy atom. The summed E-state index contributed by atoms with van der Waals surface area (Å²) in [4.78, 5) is 0.157. The van der Waals surface area contributed by atoms with Crippen LogP contribution in [0.25, 0.3) is 0 Å².